The Balaban J connectivity index is 1.90. The third-order valence-corrected chi connectivity index (χ3v) is 3.69. The molecule has 0 saturated heterocycles. The van der Waals surface area contributed by atoms with Crippen LogP contribution in [0.25, 0.3) is 0 Å². The van der Waals surface area contributed by atoms with Crippen molar-refractivity contribution in [2.45, 2.75) is 32.6 Å². The fourth-order valence-corrected chi connectivity index (χ4v) is 2.63. The molecule has 1 aliphatic carbocycles. The standard InChI is InChI=1S/C13H19N3O3/c1-8-6-11(16-15-8)12(17)14-7-9-4-2-3-5-10(9)13(18)19/h6,9-10H,2-5,7H2,1H3,(H,14,17)(H,15,16)(H,18,19). The maximum atomic E-state index is 11.8. The van der Waals surface area contributed by atoms with Gasteiger partial charge >= 0.3 is 5.97 Å². The summed E-state index contributed by atoms with van der Waals surface area (Å²) >= 11 is 0. The van der Waals surface area contributed by atoms with Gasteiger partial charge in [0.2, 0.25) is 0 Å². The first kappa shape index (κ1) is 13.6. The Labute approximate surface area is 111 Å². The van der Waals surface area contributed by atoms with Crippen LogP contribution in [0.3, 0.4) is 0 Å². The Bertz CT molecular complexity index is 469. The molecule has 1 aromatic heterocycles. The van der Waals surface area contributed by atoms with E-state index in [0.29, 0.717) is 18.7 Å². The van der Waals surface area contributed by atoms with E-state index in [-0.39, 0.29) is 17.7 Å². The number of carbonyl (C=O) groups excluding carboxylic acids is 1. The van der Waals surface area contributed by atoms with Crippen LogP contribution in [0.5, 0.6) is 0 Å². The highest BCUT2D eigenvalue weighted by atomic mass is 16.4. The van der Waals surface area contributed by atoms with Crippen molar-refractivity contribution >= 4 is 11.9 Å². The third-order valence-electron chi connectivity index (χ3n) is 3.69. The van der Waals surface area contributed by atoms with Gasteiger partial charge in [0.05, 0.1) is 5.92 Å². The van der Waals surface area contributed by atoms with Crippen molar-refractivity contribution in [1.29, 1.82) is 0 Å². The largest absolute Gasteiger partial charge is 0.481 e. The lowest BCUT2D eigenvalue weighted by molar-refractivity contribution is -0.144. The maximum Gasteiger partial charge on any atom is 0.306 e. The van der Waals surface area contributed by atoms with Crippen molar-refractivity contribution in [3.8, 4) is 0 Å². The molecule has 6 nitrogen and oxygen atoms in total. The minimum absolute atomic E-state index is 0.0234. The minimum Gasteiger partial charge on any atom is -0.481 e. The monoisotopic (exact) mass is 265 g/mol. The van der Waals surface area contributed by atoms with Crippen LogP contribution in [0.2, 0.25) is 0 Å². The minimum atomic E-state index is -0.755. The highest BCUT2D eigenvalue weighted by Crippen LogP contribution is 2.29. The zero-order valence-corrected chi connectivity index (χ0v) is 11.0. The number of hydrogen-bond donors (Lipinski definition) is 3. The summed E-state index contributed by atoms with van der Waals surface area (Å²) in [7, 11) is 0. The first-order chi connectivity index (χ1) is 9.08. The van der Waals surface area contributed by atoms with Crippen LogP contribution in [0.15, 0.2) is 6.07 Å². The van der Waals surface area contributed by atoms with Gasteiger partial charge in [0.25, 0.3) is 5.91 Å². The van der Waals surface area contributed by atoms with Crippen molar-refractivity contribution < 1.29 is 14.7 Å². The number of amides is 1. The van der Waals surface area contributed by atoms with E-state index in [1.54, 1.807) is 6.07 Å². The number of carboxylic acids is 1. The van der Waals surface area contributed by atoms with Crippen LogP contribution in [0, 0.1) is 18.8 Å². The fourth-order valence-electron chi connectivity index (χ4n) is 2.63. The molecule has 0 aromatic carbocycles. The number of aromatic amines is 1. The molecule has 104 valence electrons. The van der Waals surface area contributed by atoms with Crippen molar-refractivity contribution in [2.24, 2.45) is 11.8 Å². The van der Waals surface area contributed by atoms with Gasteiger partial charge in [0.1, 0.15) is 5.69 Å². The average molecular weight is 265 g/mol. The molecular weight excluding hydrogens is 246 g/mol. The van der Waals surface area contributed by atoms with Gasteiger partial charge < -0.3 is 10.4 Å². The normalized spacial score (nSPS) is 23.0. The van der Waals surface area contributed by atoms with E-state index in [2.05, 4.69) is 15.5 Å². The van der Waals surface area contributed by atoms with Gasteiger partial charge in [-0.05, 0) is 31.7 Å². The van der Waals surface area contributed by atoms with Crippen molar-refractivity contribution in [3.63, 3.8) is 0 Å². The van der Waals surface area contributed by atoms with Crippen LogP contribution in [0.1, 0.15) is 41.9 Å². The fraction of sp³-hybridized carbons (Fsp3) is 0.615. The molecule has 1 saturated carbocycles. The quantitative estimate of drug-likeness (QED) is 0.765. The number of nitrogens with zero attached hydrogens (tertiary/aromatic N) is 1. The van der Waals surface area contributed by atoms with Crippen molar-refractivity contribution in [2.75, 3.05) is 6.54 Å². The second-order valence-corrected chi connectivity index (χ2v) is 5.14. The molecule has 0 spiro atoms. The smallest absolute Gasteiger partial charge is 0.306 e. The van der Waals surface area contributed by atoms with E-state index in [1.807, 2.05) is 6.92 Å². The van der Waals surface area contributed by atoms with Crippen molar-refractivity contribution in [1.82, 2.24) is 15.5 Å². The summed E-state index contributed by atoms with van der Waals surface area (Å²) in [6, 6.07) is 1.67. The molecule has 1 amide bonds. The number of carbonyl (C=O) groups is 2. The van der Waals surface area contributed by atoms with E-state index >= 15 is 0 Å². The molecule has 3 N–H and O–H groups in total. The van der Waals surface area contributed by atoms with E-state index < -0.39 is 5.97 Å². The molecule has 1 aromatic rings. The summed E-state index contributed by atoms with van der Waals surface area (Å²) in [5.41, 5.74) is 1.17. The summed E-state index contributed by atoms with van der Waals surface area (Å²) in [5, 5.41) is 18.5. The number of aryl methyl sites for hydroxylation is 1. The zero-order valence-electron chi connectivity index (χ0n) is 11.0. The number of H-pyrrole nitrogens is 1. The van der Waals surface area contributed by atoms with Gasteiger partial charge in [0, 0.05) is 12.2 Å². The van der Waals surface area contributed by atoms with Crippen LogP contribution in [-0.4, -0.2) is 33.7 Å². The number of carboxylic acid groups (broad SMARTS) is 1. The van der Waals surface area contributed by atoms with Gasteiger partial charge in [-0.25, -0.2) is 0 Å². The van der Waals surface area contributed by atoms with Crippen LogP contribution in [-0.2, 0) is 4.79 Å². The van der Waals surface area contributed by atoms with Gasteiger partial charge in [-0.2, -0.15) is 5.10 Å². The molecule has 2 atom stereocenters. The Kier molecular flexibility index (Phi) is 4.19. The lowest BCUT2D eigenvalue weighted by Crippen LogP contribution is -2.37. The molecule has 0 bridgehead atoms. The van der Waals surface area contributed by atoms with Crippen molar-refractivity contribution in [3.05, 3.63) is 17.5 Å². The number of rotatable bonds is 4. The second-order valence-electron chi connectivity index (χ2n) is 5.14. The summed E-state index contributed by atoms with van der Waals surface area (Å²) in [5.74, 6) is -1.32. The lowest BCUT2D eigenvalue weighted by Gasteiger charge is -2.28. The predicted molar refractivity (Wildman–Crippen MR) is 68.7 cm³/mol. The Morgan fingerprint density at radius 3 is 2.84 bits per heavy atom. The summed E-state index contributed by atoms with van der Waals surface area (Å²) in [6.07, 6.45) is 3.56. The molecule has 2 rings (SSSR count). The maximum absolute atomic E-state index is 11.8. The zero-order chi connectivity index (χ0) is 13.8. The number of aromatic nitrogens is 2. The van der Waals surface area contributed by atoms with Gasteiger partial charge in [0.15, 0.2) is 0 Å². The van der Waals surface area contributed by atoms with E-state index in [0.717, 1.165) is 25.0 Å². The van der Waals surface area contributed by atoms with Gasteiger partial charge in [-0.15, -0.1) is 0 Å². The molecule has 6 heteroatoms. The third kappa shape index (κ3) is 3.33. The topological polar surface area (TPSA) is 95.1 Å². The molecule has 1 aliphatic rings. The Morgan fingerprint density at radius 2 is 2.21 bits per heavy atom. The molecule has 0 aliphatic heterocycles. The van der Waals surface area contributed by atoms with Crippen LogP contribution in [0.4, 0.5) is 0 Å². The molecule has 2 unspecified atom stereocenters. The van der Waals surface area contributed by atoms with E-state index in [1.165, 1.54) is 0 Å². The summed E-state index contributed by atoms with van der Waals surface area (Å²) < 4.78 is 0. The first-order valence-corrected chi connectivity index (χ1v) is 6.61. The second kappa shape index (κ2) is 5.86. The number of aliphatic carboxylic acids is 1. The Hall–Kier alpha value is -1.85. The number of nitrogens with one attached hydrogen (secondary N) is 2. The highest BCUT2D eigenvalue weighted by molar-refractivity contribution is 5.92. The summed E-state index contributed by atoms with van der Waals surface area (Å²) in [4.78, 5) is 23.0. The van der Waals surface area contributed by atoms with Crippen LogP contribution < -0.4 is 5.32 Å². The van der Waals surface area contributed by atoms with Gasteiger partial charge in [-0.1, -0.05) is 12.8 Å². The summed E-state index contributed by atoms with van der Waals surface area (Å²) in [6.45, 7) is 2.23. The number of hydrogen-bond acceptors (Lipinski definition) is 3. The molecular formula is C13H19N3O3. The Morgan fingerprint density at radius 1 is 1.47 bits per heavy atom. The predicted octanol–water partition coefficient (Wildman–Crippen LogP) is 1.34. The SMILES string of the molecule is Cc1cc(C(=O)NCC2CCCCC2C(=O)O)n[nH]1. The molecule has 1 heterocycles. The average Bonchev–Trinajstić information content (AvgIpc) is 2.83. The van der Waals surface area contributed by atoms with Crippen LogP contribution >= 0.6 is 0 Å². The highest BCUT2D eigenvalue weighted by Gasteiger charge is 2.30. The molecule has 0 radical (unpaired) electrons. The molecule has 19 heavy (non-hydrogen) atoms. The van der Waals surface area contributed by atoms with E-state index in [4.69, 9.17) is 5.11 Å². The van der Waals surface area contributed by atoms with E-state index in [9.17, 15) is 9.59 Å². The molecule has 1 fully saturated rings. The first-order valence-electron chi connectivity index (χ1n) is 6.61. The van der Waals surface area contributed by atoms with Gasteiger partial charge in [-0.3, -0.25) is 14.7 Å². The lowest BCUT2D eigenvalue weighted by atomic mass is 9.79.